The van der Waals surface area contributed by atoms with Crippen molar-refractivity contribution in [2.24, 2.45) is 0 Å². The van der Waals surface area contributed by atoms with Crippen LogP contribution in [0.15, 0.2) is 18.7 Å². The van der Waals surface area contributed by atoms with Crippen molar-refractivity contribution in [3.63, 3.8) is 0 Å². The fraction of sp³-hybridized carbons (Fsp3) is 0.529. The first-order valence-electron chi connectivity index (χ1n) is 8.71. The maximum atomic E-state index is 12.3. The summed E-state index contributed by atoms with van der Waals surface area (Å²) in [6.07, 6.45) is 9.88. The van der Waals surface area contributed by atoms with E-state index in [1.807, 2.05) is 18.7 Å². The van der Waals surface area contributed by atoms with Crippen molar-refractivity contribution in [1.82, 2.24) is 24.8 Å². The number of aromatic nitrogens is 4. The normalized spacial score (nSPS) is 23.2. The molecule has 1 unspecified atom stereocenters. The monoisotopic (exact) mass is 324 g/mol. The first-order chi connectivity index (χ1) is 11.8. The average molecular weight is 324 g/mol. The number of amides is 1. The third-order valence-electron chi connectivity index (χ3n) is 5.23. The number of anilines is 1. The average Bonchev–Trinajstić information content (AvgIpc) is 3.10. The fourth-order valence-corrected chi connectivity index (χ4v) is 3.74. The van der Waals surface area contributed by atoms with Crippen LogP contribution in [0.1, 0.15) is 53.1 Å². The summed E-state index contributed by atoms with van der Waals surface area (Å²) in [7, 11) is 0. The quantitative estimate of drug-likeness (QED) is 0.921. The molecule has 0 radical (unpaired) electrons. The number of hydrogen-bond donors (Lipinski definition) is 1. The molecule has 1 saturated heterocycles. The number of nitrogens with zero attached hydrogens (tertiary/aromatic N) is 5. The molecule has 2 fully saturated rings. The minimum atomic E-state index is -0.0489. The van der Waals surface area contributed by atoms with E-state index in [9.17, 15) is 4.79 Å². The molecule has 1 atom stereocenters. The van der Waals surface area contributed by atoms with Crippen LogP contribution in [0.5, 0.6) is 0 Å². The number of nitrogens with one attached hydrogen (secondary N) is 1. The van der Waals surface area contributed by atoms with Crippen LogP contribution in [0.4, 0.5) is 5.82 Å². The number of rotatable bonds is 3. The van der Waals surface area contributed by atoms with E-state index in [4.69, 9.17) is 4.98 Å². The van der Waals surface area contributed by atoms with Crippen molar-refractivity contribution >= 4 is 11.7 Å². The van der Waals surface area contributed by atoms with E-state index >= 15 is 0 Å². The Hall–Kier alpha value is -2.44. The Labute approximate surface area is 140 Å². The van der Waals surface area contributed by atoms with Gasteiger partial charge in [-0.15, -0.1) is 0 Å². The van der Waals surface area contributed by atoms with Gasteiger partial charge in [-0.25, -0.2) is 15.0 Å². The van der Waals surface area contributed by atoms with E-state index in [1.54, 1.807) is 0 Å². The standard InChI is InChI=1S/C17H20N6O/c24-17-14-13(3-5-19-17)16(21-15(20-14)11-1-2-11)22-7-4-12(9-22)23-8-6-18-10-23/h6,8,10-12H,1-5,7,9H2,(H,19,24). The molecule has 0 bridgehead atoms. The van der Waals surface area contributed by atoms with Crippen molar-refractivity contribution in [3.05, 3.63) is 35.8 Å². The maximum Gasteiger partial charge on any atom is 0.270 e. The van der Waals surface area contributed by atoms with E-state index in [0.717, 1.165) is 56.0 Å². The molecule has 1 N–H and O–H groups in total. The lowest BCUT2D eigenvalue weighted by Gasteiger charge is -2.25. The number of fused-ring (bicyclic) bond motifs is 1. The molecule has 1 aliphatic carbocycles. The molecule has 24 heavy (non-hydrogen) atoms. The van der Waals surface area contributed by atoms with E-state index in [-0.39, 0.29) is 5.91 Å². The van der Waals surface area contributed by atoms with Crippen LogP contribution in [-0.2, 0) is 6.42 Å². The Morgan fingerprint density at radius 2 is 2.12 bits per heavy atom. The summed E-state index contributed by atoms with van der Waals surface area (Å²) < 4.78 is 2.17. The lowest BCUT2D eigenvalue weighted by atomic mass is 10.1. The Morgan fingerprint density at radius 3 is 2.92 bits per heavy atom. The van der Waals surface area contributed by atoms with Gasteiger partial charge in [0.1, 0.15) is 17.3 Å². The first kappa shape index (κ1) is 13.9. The molecular weight excluding hydrogens is 304 g/mol. The molecule has 7 nitrogen and oxygen atoms in total. The predicted molar refractivity (Wildman–Crippen MR) is 88.1 cm³/mol. The molecule has 7 heteroatoms. The van der Waals surface area contributed by atoms with Crippen molar-refractivity contribution in [3.8, 4) is 0 Å². The van der Waals surface area contributed by atoms with Crippen molar-refractivity contribution < 1.29 is 4.79 Å². The zero-order valence-corrected chi connectivity index (χ0v) is 13.5. The van der Waals surface area contributed by atoms with Gasteiger partial charge in [0.25, 0.3) is 5.91 Å². The largest absolute Gasteiger partial charge is 0.354 e. The summed E-state index contributed by atoms with van der Waals surface area (Å²) in [5.41, 5.74) is 1.62. The van der Waals surface area contributed by atoms with Gasteiger partial charge in [0.2, 0.25) is 0 Å². The van der Waals surface area contributed by atoms with Gasteiger partial charge in [0, 0.05) is 43.5 Å². The van der Waals surface area contributed by atoms with Gasteiger partial charge >= 0.3 is 0 Å². The predicted octanol–water partition coefficient (Wildman–Crippen LogP) is 1.29. The third kappa shape index (κ3) is 2.26. The highest BCUT2D eigenvalue weighted by molar-refractivity contribution is 5.96. The second kappa shape index (κ2) is 5.29. The van der Waals surface area contributed by atoms with E-state index in [1.165, 1.54) is 0 Å². The lowest BCUT2D eigenvalue weighted by molar-refractivity contribution is 0.0940. The van der Waals surface area contributed by atoms with Gasteiger partial charge in [-0.1, -0.05) is 0 Å². The fourth-order valence-electron chi connectivity index (χ4n) is 3.74. The molecule has 5 rings (SSSR count). The van der Waals surface area contributed by atoms with Gasteiger partial charge < -0.3 is 14.8 Å². The van der Waals surface area contributed by atoms with Crippen molar-refractivity contribution in [1.29, 1.82) is 0 Å². The molecule has 2 aliphatic heterocycles. The summed E-state index contributed by atoms with van der Waals surface area (Å²) >= 11 is 0. The molecule has 2 aromatic rings. The summed E-state index contributed by atoms with van der Waals surface area (Å²) in [4.78, 5) is 28.2. The highest BCUT2D eigenvalue weighted by Gasteiger charge is 2.34. The highest BCUT2D eigenvalue weighted by atomic mass is 16.1. The Balaban J connectivity index is 1.52. The number of carbonyl (C=O) groups excluding carboxylic acids is 1. The Bertz CT molecular complexity index is 783. The lowest BCUT2D eigenvalue weighted by Crippen LogP contribution is -2.35. The van der Waals surface area contributed by atoms with Crippen LogP contribution >= 0.6 is 0 Å². The van der Waals surface area contributed by atoms with Crippen LogP contribution in [0.3, 0.4) is 0 Å². The molecule has 0 spiro atoms. The highest BCUT2D eigenvalue weighted by Crippen LogP contribution is 2.40. The van der Waals surface area contributed by atoms with Crippen molar-refractivity contribution in [2.45, 2.75) is 37.6 Å². The SMILES string of the molecule is O=C1NCCc2c1nc(C1CC1)nc2N1CCC(n2ccnc2)C1. The van der Waals surface area contributed by atoms with Crippen LogP contribution in [-0.4, -0.2) is 45.1 Å². The first-order valence-corrected chi connectivity index (χ1v) is 8.71. The zero-order chi connectivity index (χ0) is 16.1. The summed E-state index contributed by atoms with van der Waals surface area (Å²) in [6.45, 7) is 2.54. The maximum absolute atomic E-state index is 12.3. The van der Waals surface area contributed by atoms with Gasteiger partial charge in [-0.05, 0) is 25.7 Å². The summed E-state index contributed by atoms with van der Waals surface area (Å²) in [5, 5.41) is 2.91. The van der Waals surface area contributed by atoms with Crippen LogP contribution in [0, 0.1) is 0 Å². The molecule has 3 aliphatic rings. The van der Waals surface area contributed by atoms with E-state index in [2.05, 4.69) is 24.8 Å². The summed E-state index contributed by atoms with van der Waals surface area (Å²) in [6, 6.07) is 0.417. The van der Waals surface area contributed by atoms with Crippen molar-refractivity contribution in [2.75, 3.05) is 24.5 Å². The molecular formula is C17H20N6O. The Morgan fingerprint density at radius 1 is 1.21 bits per heavy atom. The molecule has 0 aromatic carbocycles. The topological polar surface area (TPSA) is 75.9 Å². The minimum Gasteiger partial charge on any atom is -0.354 e. The van der Waals surface area contributed by atoms with Gasteiger partial charge in [0.15, 0.2) is 0 Å². The second-order valence-corrected chi connectivity index (χ2v) is 6.91. The van der Waals surface area contributed by atoms with E-state index < -0.39 is 0 Å². The molecule has 4 heterocycles. The molecule has 1 amide bonds. The Kier molecular flexibility index (Phi) is 3.08. The van der Waals surface area contributed by atoms with E-state index in [0.29, 0.717) is 24.2 Å². The third-order valence-corrected chi connectivity index (χ3v) is 5.23. The molecule has 2 aromatic heterocycles. The second-order valence-electron chi connectivity index (χ2n) is 6.91. The number of carbonyl (C=O) groups is 1. The van der Waals surface area contributed by atoms with Gasteiger partial charge in [-0.3, -0.25) is 4.79 Å². The number of imidazole rings is 1. The minimum absolute atomic E-state index is 0.0489. The van der Waals surface area contributed by atoms with Crippen LogP contribution in [0.2, 0.25) is 0 Å². The molecule has 124 valence electrons. The van der Waals surface area contributed by atoms with Crippen LogP contribution < -0.4 is 10.2 Å². The van der Waals surface area contributed by atoms with Gasteiger partial charge in [-0.2, -0.15) is 0 Å². The molecule has 1 saturated carbocycles. The van der Waals surface area contributed by atoms with Crippen LogP contribution in [0.25, 0.3) is 0 Å². The smallest absolute Gasteiger partial charge is 0.270 e. The van der Waals surface area contributed by atoms with Gasteiger partial charge in [0.05, 0.1) is 12.4 Å². The number of hydrogen-bond acceptors (Lipinski definition) is 5. The zero-order valence-electron chi connectivity index (χ0n) is 13.5. The summed E-state index contributed by atoms with van der Waals surface area (Å²) in [5.74, 6) is 2.23.